The minimum absolute atomic E-state index is 0.210. The van der Waals surface area contributed by atoms with Gasteiger partial charge in [0.25, 0.3) is 0 Å². The van der Waals surface area contributed by atoms with Gasteiger partial charge in [-0.25, -0.2) is 4.79 Å². The molecule has 1 atom stereocenters. The molecule has 0 aliphatic rings. The smallest absolute Gasteiger partial charge is 0.372 e. The third-order valence-electron chi connectivity index (χ3n) is 2.11. The van der Waals surface area contributed by atoms with Crippen molar-refractivity contribution in [3.05, 3.63) is 35.9 Å². The molecule has 0 radical (unpaired) electrons. The molecule has 0 aliphatic carbocycles. The summed E-state index contributed by atoms with van der Waals surface area (Å²) >= 11 is 3.57. The summed E-state index contributed by atoms with van der Waals surface area (Å²) in [6.45, 7) is 0. The Bertz CT molecular complexity index is 413. The van der Waals surface area contributed by atoms with Crippen LogP contribution >= 0.6 is 12.6 Å². The van der Waals surface area contributed by atoms with Gasteiger partial charge in [-0.2, -0.15) is 0 Å². The Morgan fingerprint density at radius 2 is 1.75 bits per heavy atom. The van der Waals surface area contributed by atoms with E-state index in [-0.39, 0.29) is 6.42 Å². The van der Waals surface area contributed by atoms with Crippen molar-refractivity contribution in [1.82, 2.24) is 0 Å². The van der Waals surface area contributed by atoms with Gasteiger partial charge in [-0.05, 0) is 5.56 Å². The second kappa shape index (κ2) is 5.46. The first-order valence-electron chi connectivity index (χ1n) is 4.56. The van der Waals surface area contributed by atoms with Crippen molar-refractivity contribution in [3.63, 3.8) is 0 Å². The fourth-order valence-electron chi connectivity index (χ4n) is 1.37. The van der Waals surface area contributed by atoms with Crippen molar-refractivity contribution in [3.8, 4) is 0 Å². The van der Waals surface area contributed by atoms with Crippen molar-refractivity contribution < 1.29 is 19.5 Å². The van der Waals surface area contributed by atoms with E-state index in [0.29, 0.717) is 5.56 Å². The number of rotatable bonds is 5. The zero-order valence-corrected chi connectivity index (χ0v) is 9.18. The van der Waals surface area contributed by atoms with Crippen LogP contribution in [0.25, 0.3) is 0 Å². The predicted octanol–water partition coefficient (Wildman–Crippen LogP) is 1.27. The minimum atomic E-state index is -1.54. The summed E-state index contributed by atoms with van der Waals surface area (Å²) in [5.74, 6) is -3.49. The van der Waals surface area contributed by atoms with E-state index < -0.39 is 22.8 Å². The maximum Gasteiger partial charge on any atom is 0.372 e. The van der Waals surface area contributed by atoms with Gasteiger partial charge in [0.05, 0.1) is 5.92 Å². The van der Waals surface area contributed by atoms with E-state index in [2.05, 4.69) is 12.6 Å². The predicted molar refractivity (Wildman–Crippen MR) is 60.4 cm³/mol. The summed E-state index contributed by atoms with van der Waals surface area (Å²) in [6, 6.07) is 8.33. The number of ketones is 1. The zero-order valence-electron chi connectivity index (χ0n) is 8.29. The number of carboxylic acid groups (broad SMARTS) is 1. The molecule has 0 amide bonds. The summed E-state index contributed by atoms with van der Waals surface area (Å²) < 4.78 is 0. The maximum absolute atomic E-state index is 11.4. The van der Waals surface area contributed by atoms with Crippen LogP contribution in [-0.4, -0.2) is 22.0 Å². The van der Waals surface area contributed by atoms with Crippen LogP contribution in [0.15, 0.2) is 30.3 Å². The number of aliphatic carboxylic acids is 1. The highest BCUT2D eigenvalue weighted by Gasteiger charge is 2.27. The maximum atomic E-state index is 11.4. The average molecular weight is 238 g/mol. The van der Waals surface area contributed by atoms with Crippen LogP contribution in [0.3, 0.4) is 0 Å². The molecule has 1 unspecified atom stereocenters. The fraction of sp³-hybridized carbons (Fsp3) is 0.182. The van der Waals surface area contributed by atoms with Crippen molar-refractivity contribution in [1.29, 1.82) is 0 Å². The molecule has 1 rings (SSSR count). The van der Waals surface area contributed by atoms with Crippen LogP contribution in [0.1, 0.15) is 17.9 Å². The Kier molecular flexibility index (Phi) is 4.25. The fourth-order valence-corrected chi connectivity index (χ4v) is 1.55. The molecule has 0 aliphatic heterocycles. The lowest BCUT2D eigenvalue weighted by Crippen LogP contribution is -2.23. The molecule has 0 saturated carbocycles. The average Bonchev–Trinajstić information content (AvgIpc) is 2.26. The van der Waals surface area contributed by atoms with Crippen molar-refractivity contribution in [2.75, 3.05) is 0 Å². The number of thiol groups is 1. The van der Waals surface area contributed by atoms with E-state index in [1.807, 2.05) is 0 Å². The van der Waals surface area contributed by atoms with E-state index in [0.717, 1.165) is 0 Å². The Labute approximate surface area is 97.7 Å². The van der Waals surface area contributed by atoms with E-state index >= 15 is 0 Å². The molecule has 1 aromatic carbocycles. The number of carboxylic acids is 1. The number of benzene rings is 1. The molecule has 1 aromatic rings. The highest BCUT2D eigenvalue weighted by Crippen LogP contribution is 2.21. The molecule has 16 heavy (non-hydrogen) atoms. The highest BCUT2D eigenvalue weighted by atomic mass is 32.1. The van der Waals surface area contributed by atoms with Crippen molar-refractivity contribution >= 4 is 29.5 Å². The number of carbonyl (C=O) groups is 3. The van der Waals surface area contributed by atoms with Gasteiger partial charge in [0, 0.05) is 6.42 Å². The standard InChI is InChI=1S/C11H10O4S/c12-9(16)6-8(10(13)11(14)15)7-4-2-1-3-5-7/h1-5,8H,6H2,(H,12,16)(H,14,15). The highest BCUT2D eigenvalue weighted by molar-refractivity contribution is 7.96. The Morgan fingerprint density at radius 3 is 2.19 bits per heavy atom. The first-order valence-corrected chi connectivity index (χ1v) is 5.01. The molecule has 84 valence electrons. The summed E-state index contributed by atoms with van der Waals surface area (Å²) in [6.07, 6.45) is -0.210. The normalized spacial score (nSPS) is 11.8. The van der Waals surface area contributed by atoms with E-state index in [1.165, 1.54) is 0 Å². The van der Waals surface area contributed by atoms with Gasteiger partial charge in [-0.15, -0.1) is 12.6 Å². The molecule has 0 aromatic heterocycles. The van der Waals surface area contributed by atoms with Crippen LogP contribution in [-0.2, 0) is 14.4 Å². The van der Waals surface area contributed by atoms with Crippen LogP contribution in [0.2, 0.25) is 0 Å². The van der Waals surface area contributed by atoms with Crippen molar-refractivity contribution in [2.45, 2.75) is 12.3 Å². The first-order chi connectivity index (χ1) is 7.52. The number of hydrogen-bond acceptors (Lipinski definition) is 3. The van der Waals surface area contributed by atoms with Crippen LogP contribution in [0, 0.1) is 0 Å². The van der Waals surface area contributed by atoms with Gasteiger partial charge >= 0.3 is 5.97 Å². The number of hydrogen-bond donors (Lipinski definition) is 2. The lowest BCUT2D eigenvalue weighted by Gasteiger charge is -2.11. The molecule has 1 N–H and O–H groups in total. The Balaban J connectivity index is 3.01. The van der Waals surface area contributed by atoms with Gasteiger partial charge in [-0.3, -0.25) is 9.59 Å². The zero-order chi connectivity index (χ0) is 12.1. The van der Waals surface area contributed by atoms with E-state index in [1.54, 1.807) is 30.3 Å². The van der Waals surface area contributed by atoms with E-state index in [9.17, 15) is 14.4 Å². The number of carbonyl (C=O) groups excluding carboxylic acids is 2. The molecule has 4 nitrogen and oxygen atoms in total. The molecule has 0 spiro atoms. The second-order valence-corrected chi connectivity index (χ2v) is 3.73. The summed E-state index contributed by atoms with van der Waals surface area (Å²) in [4.78, 5) is 32.9. The monoisotopic (exact) mass is 238 g/mol. The summed E-state index contributed by atoms with van der Waals surface area (Å²) in [7, 11) is 0. The minimum Gasteiger partial charge on any atom is -0.475 e. The third kappa shape index (κ3) is 3.20. The lowest BCUT2D eigenvalue weighted by molar-refractivity contribution is -0.150. The van der Waals surface area contributed by atoms with Gasteiger partial charge in [0.15, 0.2) is 5.12 Å². The van der Waals surface area contributed by atoms with Crippen LogP contribution < -0.4 is 0 Å². The molecule has 0 bridgehead atoms. The summed E-state index contributed by atoms with van der Waals surface area (Å²) in [5, 5.41) is 8.13. The third-order valence-corrected chi connectivity index (χ3v) is 2.29. The topological polar surface area (TPSA) is 71.4 Å². The first kappa shape index (κ1) is 12.4. The van der Waals surface area contributed by atoms with Gasteiger partial charge < -0.3 is 5.11 Å². The van der Waals surface area contributed by atoms with Gasteiger partial charge in [-0.1, -0.05) is 30.3 Å². The Morgan fingerprint density at radius 1 is 1.19 bits per heavy atom. The van der Waals surface area contributed by atoms with Crippen LogP contribution in [0.4, 0.5) is 0 Å². The molecule has 0 fully saturated rings. The quantitative estimate of drug-likeness (QED) is 0.598. The number of Topliss-reactive ketones (excluding diaryl/α,β-unsaturated/α-hetero) is 1. The molecular formula is C11H10O4S. The molecule has 5 heteroatoms. The molecule has 0 saturated heterocycles. The van der Waals surface area contributed by atoms with Gasteiger partial charge in [0.2, 0.25) is 5.78 Å². The SMILES string of the molecule is O=C(S)CC(C(=O)C(=O)O)c1ccccc1. The van der Waals surface area contributed by atoms with E-state index in [4.69, 9.17) is 5.11 Å². The van der Waals surface area contributed by atoms with Crippen LogP contribution in [0.5, 0.6) is 0 Å². The molecular weight excluding hydrogens is 228 g/mol. The lowest BCUT2D eigenvalue weighted by atomic mass is 9.92. The summed E-state index contributed by atoms with van der Waals surface area (Å²) in [5.41, 5.74) is 0.511. The largest absolute Gasteiger partial charge is 0.475 e. The van der Waals surface area contributed by atoms with Gasteiger partial charge in [0.1, 0.15) is 0 Å². The van der Waals surface area contributed by atoms with Crippen molar-refractivity contribution in [2.24, 2.45) is 0 Å². The molecule has 0 heterocycles. The second-order valence-electron chi connectivity index (χ2n) is 3.23. The Hall–Kier alpha value is -1.62.